The quantitative estimate of drug-likeness (QED) is 0.775. The molecule has 1 fully saturated rings. The monoisotopic (exact) mass is 197 g/mol. The summed E-state index contributed by atoms with van der Waals surface area (Å²) in [6, 6.07) is 0.433. The Morgan fingerprint density at radius 1 is 1.62 bits per heavy atom. The standard InChI is InChI=1S/C9H15N3S/c10-8-2-1-7(5-8)6-12-9-11-3-4-13-9/h3-4,7-8H,1-2,5-6,10H2,(H,11,12). The maximum atomic E-state index is 5.83. The smallest absolute Gasteiger partial charge is 0.182 e. The summed E-state index contributed by atoms with van der Waals surface area (Å²) in [4.78, 5) is 4.17. The summed E-state index contributed by atoms with van der Waals surface area (Å²) in [5.74, 6) is 0.749. The van der Waals surface area contributed by atoms with Gasteiger partial charge in [-0.05, 0) is 25.2 Å². The summed E-state index contributed by atoms with van der Waals surface area (Å²) in [6.07, 6.45) is 5.44. The van der Waals surface area contributed by atoms with Crippen molar-refractivity contribution in [3.8, 4) is 0 Å². The number of anilines is 1. The van der Waals surface area contributed by atoms with Crippen LogP contribution in [0.25, 0.3) is 0 Å². The van der Waals surface area contributed by atoms with Gasteiger partial charge in [-0.2, -0.15) is 0 Å². The number of thiazole rings is 1. The van der Waals surface area contributed by atoms with Gasteiger partial charge in [0.2, 0.25) is 0 Å². The molecule has 2 atom stereocenters. The van der Waals surface area contributed by atoms with Gasteiger partial charge in [0, 0.05) is 24.2 Å². The van der Waals surface area contributed by atoms with Crippen LogP contribution in [-0.4, -0.2) is 17.6 Å². The number of hydrogen-bond acceptors (Lipinski definition) is 4. The molecule has 0 bridgehead atoms. The number of rotatable bonds is 3. The van der Waals surface area contributed by atoms with Crippen LogP contribution in [0.15, 0.2) is 11.6 Å². The Bertz CT molecular complexity index is 247. The van der Waals surface area contributed by atoms with Gasteiger partial charge in [-0.3, -0.25) is 0 Å². The zero-order valence-corrected chi connectivity index (χ0v) is 8.39. The van der Waals surface area contributed by atoms with Gasteiger partial charge in [0.25, 0.3) is 0 Å². The highest BCUT2D eigenvalue weighted by Gasteiger charge is 2.21. The molecular formula is C9H15N3S. The molecule has 0 aliphatic heterocycles. The summed E-state index contributed by atoms with van der Waals surface area (Å²) < 4.78 is 0. The largest absolute Gasteiger partial charge is 0.361 e. The zero-order chi connectivity index (χ0) is 9.10. The topological polar surface area (TPSA) is 50.9 Å². The van der Waals surface area contributed by atoms with Crippen molar-refractivity contribution in [2.24, 2.45) is 11.7 Å². The Morgan fingerprint density at radius 3 is 3.15 bits per heavy atom. The average Bonchev–Trinajstić information content (AvgIpc) is 2.71. The van der Waals surface area contributed by atoms with Crippen LogP contribution in [0.4, 0.5) is 5.13 Å². The maximum absolute atomic E-state index is 5.83. The van der Waals surface area contributed by atoms with E-state index in [0.29, 0.717) is 6.04 Å². The van der Waals surface area contributed by atoms with Crippen LogP contribution in [0.3, 0.4) is 0 Å². The van der Waals surface area contributed by atoms with Crippen LogP contribution in [0.2, 0.25) is 0 Å². The second-order valence-electron chi connectivity index (χ2n) is 3.66. The van der Waals surface area contributed by atoms with E-state index in [1.165, 1.54) is 19.3 Å². The molecule has 4 heteroatoms. The van der Waals surface area contributed by atoms with Gasteiger partial charge in [-0.1, -0.05) is 0 Å². The first-order valence-corrected chi connectivity index (χ1v) is 5.61. The molecule has 0 saturated heterocycles. The molecule has 0 amide bonds. The summed E-state index contributed by atoms with van der Waals surface area (Å²) in [6.45, 7) is 1.03. The van der Waals surface area contributed by atoms with Gasteiger partial charge < -0.3 is 11.1 Å². The van der Waals surface area contributed by atoms with E-state index >= 15 is 0 Å². The Labute approximate surface area is 82.4 Å². The Kier molecular flexibility index (Phi) is 2.80. The SMILES string of the molecule is NC1CCC(CNc2nccs2)C1. The highest BCUT2D eigenvalue weighted by Crippen LogP contribution is 2.24. The van der Waals surface area contributed by atoms with E-state index in [-0.39, 0.29) is 0 Å². The van der Waals surface area contributed by atoms with Crippen LogP contribution in [0.1, 0.15) is 19.3 Å². The number of nitrogens with two attached hydrogens (primary N) is 1. The summed E-state index contributed by atoms with van der Waals surface area (Å²) in [5.41, 5.74) is 5.83. The van der Waals surface area contributed by atoms with Crippen molar-refractivity contribution in [2.45, 2.75) is 25.3 Å². The van der Waals surface area contributed by atoms with Crippen LogP contribution in [0, 0.1) is 5.92 Å². The number of hydrogen-bond donors (Lipinski definition) is 2. The molecule has 1 saturated carbocycles. The van der Waals surface area contributed by atoms with E-state index in [9.17, 15) is 0 Å². The molecule has 2 rings (SSSR count). The van der Waals surface area contributed by atoms with Gasteiger partial charge in [-0.15, -0.1) is 11.3 Å². The summed E-state index contributed by atoms with van der Waals surface area (Å²) >= 11 is 1.65. The minimum atomic E-state index is 0.433. The van der Waals surface area contributed by atoms with Crippen LogP contribution in [0.5, 0.6) is 0 Å². The van der Waals surface area contributed by atoms with E-state index in [4.69, 9.17) is 5.73 Å². The van der Waals surface area contributed by atoms with Crippen molar-refractivity contribution in [1.29, 1.82) is 0 Å². The van der Waals surface area contributed by atoms with E-state index in [0.717, 1.165) is 17.6 Å². The lowest BCUT2D eigenvalue weighted by Crippen LogP contribution is -2.17. The summed E-state index contributed by atoms with van der Waals surface area (Å²) in [7, 11) is 0. The molecule has 1 aromatic heterocycles. The molecule has 3 N–H and O–H groups in total. The van der Waals surface area contributed by atoms with Crippen LogP contribution >= 0.6 is 11.3 Å². The van der Waals surface area contributed by atoms with Crippen LogP contribution < -0.4 is 11.1 Å². The lowest BCUT2D eigenvalue weighted by Gasteiger charge is -2.09. The lowest BCUT2D eigenvalue weighted by molar-refractivity contribution is 0.565. The van der Waals surface area contributed by atoms with Crippen molar-refractivity contribution in [3.63, 3.8) is 0 Å². The van der Waals surface area contributed by atoms with Crippen molar-refractivity contribution in [1.82, 2.24) is 4.98 Å². The van der Waals surface area contributed by atoms with Crippen molar-refractivity contribution in [3.05, 3.63) is 11.6 Å². The number of nitrogens with zero attached hydrogens (tertiary/aromatic N) is 1. The highest BCUT2D eigenvalue weighted by atomic mass is 32.1. The van der Waals surface area contributed by atoms with Gasteiger partial charge in [0.05, 0.1) is 0 Å². The normalized spacial score (nSPS) is 27.8. The molecule has 72 valence electrons. The molecule has 1 aliphatic carbocycles. The fourth-order valence-electron chi connectivity index (χ4n) is 1.84. The minimum absolute atomic E-state index is 0.433. The number of aromatic nitrogens is 1. The predicted octanol–water partition coefficient (Wildman–Crippen LogP) is 1.68. The Balaban J connectivity index is 1.74. The first kappa shape index (κ1) is 8.97. The van der Waals surface area contributed by atoms with Gasteiger partial charge in [0.15, 0.2) is 5.13 Å². The minimum Gasteiger partial charge on any atom is -0.361 e. The Hall–Kier alpha value is -0.610. The van der Waals surface area contributed by atoms with E-state index < -0.39 is 0 Å². The second-order valence-corrected chi connectivity index (χ2v) is 4.55. The Morgan fingerprint density at radius 2 is 2.54 bits per heavy atom. The fourth-order valence-corrected chi connectivity index (χ4v) is 2.38. The molecule has 1 heterocycles. The van der Waals surface area contributed by atoms with E-state index in [2.05, 4.69) is 10.3 Å². The van der Waals surface area contributed by atoms with Gasteiger partial charge in [-0.25, -0.2) is 4.98 Å². The third-order valence-corrected chi connectivity index (χ3v) is 3.29. The molecule has 13 heavy (non-hydrogen) atoms. The molecule has 1 aliphatic rings. The average molecular weight is 197 g/mol. The van der Waals surface area contributed by atoms with E-state index in [1.54, 1.807) is 11.3 Å². The third-order valence-electron chi connectivity index (χ3n) is 2.56. The van der Waals surface area contributed by atoms with E-state index in [1.807, 2.05) is 11.6 Å². The van der Waals surface area contributed by atoms with Crippen molar-refractivity contribution >= 4 is 16.5 Å². The van der Waals surface area contributed by atoms with Gasteiger partial charge >= 0.3 is 0 Å². The lowest BCUT2D eigenvalue weighted by atomic mass is 10.1. The fraction of sp³-hybridized carbons (Fsp3) is 0.667. The summed E-state index contributed by atoms with van der Waals surface area (Å²) in [5, 5.41) is 6.36. The first-order chi connectivity index (χ1) is 6.34. The molecule has 3 nitrogen and oxygen atoms in total. The van der Waals surface area contributed by atoms with Gasteiger partial charge in [0.1, 0.15) is 0 Å². The zero-order valence-electron chi connectivity index (χ0n) is 7.57. The molecule has 0 aromatic carbocycles. The third kappa shape index (κ3) is 2.42. The predicted molar refractivity (Wildman–Crippen MR) is 55.9 cm³/mol. The highest BCUT2D eigenvalue weighted by molar-refractivity contribution is 7.13. The molecular weight excluding hydrogens is 182 g/mol. The maximum Gasteiger partial charge on any atom is 0.182 e. The van der Waals surface area contributed by atoms with Crippen LogP contribution in [-0.2, 0) is 0 Å². The molecule has 1 aromatic rings. The molecule has 2 unspecified atom stereocenters. The first-order valence-electron chi connectivity index (χ1n) is 4.73. The number of nitrogens with one attached hydrogen (secondary N) is 1. The van der Waals surface area contributed by atoms with Crippen molar-refractivity contribution in [2.75, 3.05) is 11.9 Å². The second kappa shape index (κ2) is 4.07. The molecule has 0 radical (unpaired) electrons. The molecule has 0 spiro atoms. The van der Waals surface area contributed by atoms with Crippen molar-refractivity contribution < 1.29 is 0 Å².